The van der Waals surface area contributed by atoms with Crippen LogP contribution in [0.3, 0.4) is 0 Å². The molecule has 1 saturated carbocycles. The van der Waals surface area contributed by atoms with Crippen LogP contribution in [0.1, 0.15) is 49.4 Å². The molecule has 0 aromatic heterocycles. The topological polar surface area (TPSA) is 52.3 Å². The molecular weight excluding hydrogens is 238 g/mol. The van der Waals surface area contributed by atoms with E-state index in [0.717, 1.165) is 43.4 Å². The Bertz CT molecular complexity index is 419. The maximum absolute atomic E-state index is 12.6. The van der Waals surface area contributed by atoms with Gasteiger partial charge in [0.15, 0.2) is 5.78 Å². The molecule has 3 heteroatoms. The molecule has 0 atom stereocenters. The van der Waals surface area contributed by atoms with Crippen molar-refractivity contribution in [1.29, 1.82) is 0 Å². The van der Waals surface area contributed by atoms with E-state index in [1.165, 1.54) is 0 Å². The van der Waals surface area contributed by atoms with Crippen molar-refractivity contribution in [3.05, 3.63) is 29.8 Å². The molecule has 0 radical (unpaired) electrons. The predicted octanol–water partition coefficient (Wildman–Crippen LogP) is 3.18. The minimum Gasteiger partial charge on any atom is -0.494 e. The first-order valence-corrected chi connectivity index (χ1v) is 7.19. The first-order chi connectivity index (χ1) is 9.22. The lowest BCUT2D eigenvalue weighted by Gasteiger charge is -2.25. The molecular formula is C16H23NO2. The van der Waals surface area contributed by atoms with Gasteiger partial charge in [0.25, 0.3) is 0 Å². The third-order valence-electron chi connectivity index (χ3n) is 4.02. The molecule has 0 amide bonds. The molecule has 0 heterocycles. The fourth-order valence-electron chi connectivity index (χ4n) is 2.80. The SMILES string of the molecule is CCCOc1ccc(C(=O)C2(CN)CCCC2)cc1. The summed E-state index contributed by atoms with van der Waals surface area (Å²) in [4.78, 5) is 12.6. The minimum atomic E-state index is -0.314. The summed E-state index contributed by atoms with van der Waals surface area (Å²) in [6, 6.07) is 7.48. The van der Waals surface area contributed by atoms with Crippen LogP contribution in [0.25, 0.3) is 0 Å². The predicted molar refractivity (Wildman–Crippen MR) is 76.5 cm³/mol. The first-order valence-electron chi connectivity index (χ1n) is 7.19. The van der Waals surface area contributed by atoms with Crippen molar-refractivity contribution in [2.75, 3.05) is 13.2 Å². The van der Waals surface area contributed by atoms with Crippen molar-refractivity contribution >= 4 is 5.78 Å². The van der Waals surface area contributed by atoms with Crippen molar-refractivity contribution in [2.24, 2.45) is 11.1 Å². The third kappa shape index (κ3) is 2.98. The number of rotatable bonds is 6. The Kier molecular flexibility index (Phi) is 4.59. The van der Waals surface area contributed by atoms with Crippen LogP contribution in [0.2, 0.25) is 0 Å². The van der Waals surface area contributed by atoms with E-state index in [1.54, 1.807) is 0 Å². The molecule has 0 aliphatic heterocycles. The summed E-state index contributed by atoms with van der Waals surface area (Å²) in [5.41, 5.74) is 6.30. The number of hydrogen-bond acceptors (Lipinski definition) is 3. The number of carbonyl (C=O) groups excluding carboxylic acids is 1. The highest BCUT2D eigenvalue weighted by atomic mass is 16.5. The zero-order valence-corrected chi connectivity index (χ0v) is 11.7. The highest BCUT2D eigenvalue weighted by molar-refractivity contribution is 6.01. The smallest absolute Gasteiger partial charge is 0.170 e. The zero-order chi connectivity index (χ0) is 13.7. The Morgan fingerprint density at radius 1 is 1.26 bits per heavy atom. The molecule has 2 rings (SSSR count). The number of Topliss-reactive ketones (excluding diaryl/α,β-unsaturated/α-hetero) is 1. The maximum atomic E-state index is 12.6. The lowest BCUT2D eigenvalue weighted by molar-refractivity contribution is 0.0810. The lowest BCUT2D eigenvalue weighted by atomic mass is 9.79. The van der Waals surface area contributed by atoms with Crippen LogP contribution in [0.4, 0.5) is 0 Å². The van der Waals surface area contributed by atoms with E-state index in [0.29, 0.717) is 13.2 Å². The van der Waals surface area contributed by atoms with Crippen molar-refractivity contribution in [1.82, 2.24) is 0 Å². The van der Waals surface area contributed by atoms with Gasteiger partial charge in [-0.15, -0.1) is 0 Å². The van der Waals surface area contributed by atoms with Gasteiger partial charge in [0, 0.05) is 17.5 Å². The van der Waals surface area contributed by atoms with Gasteiger partial charge in [-0.3, -0.25) is 4.79 Å². The fraction of sp³-hybridized carbons (Fsp3) is 0.562. The summed E-state index contributed by atoms with van der Waals surface area (Å²) in [7, 11) is 0. The van der Waals surface area contributed by atoms with Gasteiger partial charge >= 0.3 is 0 Å². The number of ether oxygens (including phenoxy) is 1. The van der Waals surface area contributed by atoms with Gasteiger partial charge in [-0.05, 0) is 43.5 Å². The van der Waals surface area contributed by atoms with Crippen LogP contribution >= 0.6 is 0 Å². The summed E-state index contributed by atoms with van der Waals surface area (Å²) in [5, 5.41) is 0. The number of nitrogens with two attached hydrogens (primary N) is 1. The van der Waals surface area contributed by atoms with Crippen LogP contribution in [0, 0.1) is 5.41 Å². The number of benzene rings is 1. The van der Waals surface area contributed by atoms with E-state index in [-0.39, 0.29) is 11.2 Å². The molecule has 0 saturated heterocycles. The number of hydrogen-bond donors (Lipinski definition) is 1. The Labute approximate surface area is 115 Å². The molecule has 2 N–H and O–H groups in total. The molecule has 104 valence electrons. The Hall–Kier alpha value is -1.35. The molecule has 0 unspecified atom stereocenters. The lowest BCUT2D eigenvalue weighted by Crippen LogP contribution is -2.36. The molecule has 0 bridgehead atoms. The Morgan fingerprint density at radius 3 is 2.42 bits per heavy atom. The van der Waals surface area contributed by atoms with E-state index in [2.05, 4.69) is 6.92 Å². The normalized spacial score (nSPS) is 17.4. The minimum absolute atomic E-state index is 0.203. The monoisotopic (exact) mass is 261 g/mol. The standard InChI is InChI=1S/C16H23NO2/c1-2-11-19-14-7-5-13(6-8-14)15(18)16(12-17)9-3-4-10-16/h5-8H,2-4,9-12,17H2,1H3. The van der Waals surface area contributed by atoms with Gasteiger partial charge in [0.05, 0.1) is 6.61 Å². The average molecular weight is 261 g/mol. The Morgan fingerprint density at radius 2 is 1.89 bits per heavy atom. The molecule has 1 aliphatic rings. The molecule has 3 nitrogen and oxygen atoms in total. The van der Waals surface area contributed by atoms with Crippen LogP contribution in [0.5, 0.6) is 5.75 Å². The van der Waals surface area contributed by atoms with Crippen LogP contribution in [0.15, 0.2) is 24.3 Å². The maximum Gasteiger partial charge on any atom is 0.170 e. The van der Waals surface area contributed by atoms with Gasteiger partial charge in [-0.1, -0.05) is 19.8 Å². The molecule has 0 spiro atoms. The summed E-state index contributed by atoms with van der Waals surface area (Å²) in [6.07, 6.45) is 5.06. The van der Waals surface area contributed by atoms with Crippen LogP contribution < -0.4 is 10.5 Å². The number of ketones is 1. The summed E-state index contributed by atoms with van der Waals surface area (Å²) < 4.78 is 5.53. The summed E-state index contributed by atoms with van der Waals surface area (Å²) >= 11 is 0. The largest absolute Gasteiger partial charge is 0.494 e. The first kappa shape index (κ1) is 14.1. The summed E-state index contributed by atoms with van der Waals surface area (Å²) in [5.74, 6) is 1.03. The van der Waals surface area contributed by atoms with Crippen molar-refractivity contribution < 1.29 is 9.53 Å². The van der Waals surface area contributed by atoms with E-state index < -0.39 is 0 Å². The molecule has 1 aromatic rings. The van der Waals surface area contributed by atoms with Gasteiger partial charge < -0.3 is 10.5 Å². The molecule has 1 aliphatic carbocycles. The zero-order valence-electron chi connectivity index (χ0n) is 11.7. The van der Waals surface area contributed by atoms with Gasteiger partial charge in [0.1, 0.15) is 5.75 Å². The van der Waals surface area contributed by atoms with Crippen molar-refractivity contribution in [3.63, 3.8) is 0 Å². The van der Waals surface area contributed by atoms with E-state index in [9.17, 15) is 4.79 Å². The number of carbonyl (C=O) groups is 1. The van der Waals surface area contributed by atoms with E-state index in [4.69, 9.17) is 10.5 Å². The van der Waals surface area contributed by atoms with Gasteiger partial charge in [-0.25, -0.2) is 0 Å². The van der Waals surface area contributed by atoms with E-state index in [1.807, 2.05) is 24.3 Å². The highest BCUT2D eigenvalue weighted by Gasteiger charge is 2.39. The molecule has 19 heavy (non-hydrogen) atoms. The quantitative estimate of drug-likeness (QED) is 0.800. The second kappa shape index (κ2) is 6.20. The highest BCUT2D eigenvalue weighted by Crippen LogP contribution is 2.40. The van der Waals surface area contributed by atoms with Crippen LogP contribution in [-0.2, 0) is 0 Å². The van der Waals surface area contributed by atoms with Gasteiger partial charge in [0.2, 0.25) is 0 Å². The summed E-state index contributed by atoms with van der Waals surface area (Å²) in [6.45, 7) is 3.24. The Balaban J connectivity index is 2.10. The second-order valence-corrected chi connectivity index (χ2v) is 5.39. The average Bonchev–Trinajstić information content (AvgIpc) is 2.95. The van der Waals surface area contributed by atoms with Gasteiger partial charge in [-0.2, -0.15) is 0 Å². The molecule has 1 fully saturated rings. The fourth-order valence-corrected chi connectivity index (χ4v) is 2.80. The second-order valence-electron chi connectivity index (χ2n) is 5.39. The van der Waals surface area contributed by atoms with Crippen LogP contribution in [-0.4, -0.2) is 18.9 Å². The third-order valence-corrected chi connectivity index (χ3v) is 4.02. The van der Waals surface area contributed by atoms with Crippen molar-refractivity contribution in [2.45, 2.75) is 39.0 Å². The van der Waals surface area contributed by atoms with Crippen molar-refractivity contribution in [3.8, 4) is 5.75 Å². The van der Waals surface area contributed by atoms with E-state index >= 15 is 0 Å². The molecule has 1 aromatic carbocycles.